The van der Waals surface area contributed by atoms with E-state index in [9.17, 15) is 0 Å². The first-order valence-electron chi connectivity index (χ1n) is 6.17. The van der Waals surface area contributed by atoms with Crippen LogP contribution < -0.4 is 10.5 Å². The summed E-state index contributed by atoms with van der Waals surface area (Å²) in [5.74, 6) is 1.88. The summed E-state index contributed by atoms with van der Waals surface area (Å²) in [7, 11) is 3.65. The van der Waals surface area contributed by atoms with E-state index in [-0.39, 0.29) is 6.04 Å². The van der Waals surface area contributed by atoms with Crippen molar-refractivity contribution in [2.45, 2.75) is 18.9 Å². The molecule has 0 fully saturated rings. The smallest absolute Gasteiger partial charge is 0.133 e. The average Bonchev–Trinajstić information content (AvgIpc) is 2.81. The van der Waals surface area contributed by atoms with E-state index < -0.39 is 0 Å². The fraction of sp³-hybridized carbons (Fsp3) is 0.357. The maximum atomic E-state index is 6.22. The van der Waals surface area contributed by atoms with Gasteiger partial charge in [-0.2, -0.15) is 0 Å². The van der Waals surface area contributed by atoms with Crippen molar-refractivity contribution in [1.82, 2.24) is 9.55 Å². The van der Waals surface area contributed by atoms with E-state index in [0.29, 0.717) is 0 Å². The van der Waals surface area contributed by atoms with Gasteiger partial charge in [-0.25, -0.2) is 4.98 Å². The molecule has 1 unspecified atom stereocenters. The normalized spacial score (nSPS) is 12.4. The summed E-state index contributed by atoms with van der Waals surface area (Å²) in [6.07, 6.45) is 5.49. The van der Waals surface area contributed by atoms with Gasteiger partial charge in [-0.3, -0.25) is 0 Å². The van der Waals surface area contributed by atoms with Crippen molar-refractivity contribution < 1.29 is 4.74 Å². The molecule has 1 aromatic carbocycles. The van der Waals surface area contributed by atoms with Crippen LogP contribution in [-0.2, 0) is 13.5 Å². The van der Waals surface area contributed by atoms with Crippen molar-refractivity contribution >= 4 is 15.9 Å². The van der Waals surface area contributed by atoms with E-state index in [2.05, 4.69) is 20.9 Å². The number of aromatic nitrogens is 2. The van der Waals surface area contributed by atoms with Gasteiger partial charge in [0.25, 0.3) is 0 Å². The fourth-order valence-corrected chi connectivity index (χ4v) is 2.56. The second-order valence-corrected chi connectivity index (χ2v) is 5.35. The number of nitrogens with two attached hydrogens (primary N) is 1. The number of benzene rings is 1. The van der Waals surface area contributed by atoms with Crippen molar-refractivity contribution in [1.29, 1.82) is 0 Å². The van der Waals surface area contributed by atoms with Crippen molar-refractivity contribution in [2.24, 2.45) is 12.8 Å². The third kappa shape index (κ3) is 3.36. The Morgan fingerprint density at radius 2 is 2.26 bits per heavy atom. The molecular weight excluding hydrogens is 306 g/mol. The van der Waals surface area contributed by atoms with Crippen LogP contribution in [0.2, 0.25) is 0 Å². The largest absolute Gasteiger partial charge is 0.496 e. The number of ether oxygens (including phenoxy) is 1. The summed E-state index contributed by atoms with van der Waals surface area (Å²) in [6.45, 7) is 0. The van der Waals surface area contributed by atoms with E-state index in [1.165, 1.54) is 0 Å². The first-order chi connectivity index (χ1) is 9.11. The fourth-order valence-electron chi connectivity index (χ4n) is 2.00. The van der Waals surface area contributed by atoms with Crippen molar-refractivity contribution in [3.05, 3.63) is 46.5 Å². The zero-order valence-electron chi connectivity index (χ0n) is 11.1. The number of imidazole rings is 1. The van der Waals surface area contributed by atoms with E-state index in [1.54, 1.807) is 7.11 Å². The molecular formula is C14H18BrN3O. The molecule has 1 heterocycles. The van der Waals surface area contributed by atoms with Gasteiger partial charge in [-0.05, 0) is 40.0 Å². The average molecular weight is 324 g/mol. The minimum Gasteiger partial charge on any atom is -0.496 e. The monoisotopic (exact) mass is 323 g/mol. The topological polar surface area (TPSA) is 53.1 Å². The summed E-state index contributed by atoms with van der Waals surface area (Å²) in [5, 5.41) is 0. The predicted molar refractivity (Wildman–Crippen MR) is 79.2 cm³/mol. The Morgan fingerprint density at radius 3 is 2.84 bits per heavy atom. The molecule has 102 valence electrons. The summed E-state index contributed by atoms with van der Waals surface area (Å²) in [4.78, 5) is 4.30. The van der Waals surface area contributed by atoms with Gasteiger partial charge in [0, 0.05) is 31.9 Å². The second kappa shape index (κ2) is 6.21. The van der Waals surface area contributed by atoms with Crippen LogP contribution in [0.3, 0.4) is 0 Å². The summed E-state index contributed by atoms with van der Waals surface area (Å²) < 4.78 is 8.17. The third-order valence-corrected chi connectivity index (χ3v) is 3.82. The molecule has 0 aliphatic carbocycles. The zero-order valence-corrected chi connectivity index (χ0v) is 12.7. The Kier molecular flexibility index (Phi) is 4.61. The molecule has 1 aromatic heterocycles. The Balaban J connectivity index is 2.02. The molecule has 0 saturated carbocycles. The van der Waals surface area contributed by atoms with Gasteiger partial charge in [-0.1, -0.05) is 6.07 Å². The van der Waals surface area contributed by atoms with Crippen LogP contribution in [0, 0.1) is 0 Å². The highest BCUT2D eigenvalue weighted by molar-refractivity contribution is 9.10. The highest BCUT2D eigenvalue weighted by atomic mass is 79.9. The van der Waals surface area contributed by atoms with Crippen LogP contribution in [0.15, 0.2) is 35.1 Å². The molecule has 0 amide bonds. The number of aryl methyl sites for hydroxylation is 2. The minimum absolute atomic E-state index is 0.00101. The lowest BCUT2D eigenvalue weighted by atomic mass is 10.0. The van der Waals surface area contributed by atoms with Crippen molar-refractivity contribution in [2.75, 3.05) is 7.11 Å². The first kappa shape index (κ1) is 14.1. The number of halogens is 1. The molecule has 4 nitrogen and oxygen atoms in total. The van der Waals surface area contributed by atoms with E-state index >= 15 is 0 Å². The molecule has 0 radical (unpaired) electrons. The number of methoxy groups -OCH3 is 1. The lowest BCUT2D eigenvalue weighted by Crippen LogP contribution is -2.12. The zero-order chi connectivity index (χ0) is 13.8. The number of hydrogen-bond donors (Lipinski definition) is 1. The van der Waals surface area contributed by atoms with Gasteiger partial charge in [0.1, 0.15) is 11.6 Å². The van der Waals surface area contributed by atoms with Crippen molar-refractivity contribution in [3.8, 4) is 5.75 Å². The Hall–Kier alpha value is -1.33. The quantitative estimate of drug-likeness (QED) is 0.920. The molecule has 0 spiro atoms. The van der Waals surface area contributed by atoms with E-state index in [0.717, 1.165) is 34.5 Å². The summed E-state index contributed by atoms with van der Waals surface area (Å²) in [6, 6.07) is 5.95. The Bertz CT molecular complexity index is 553. The molecule has 0 aliphatic rings. The maximum Gasteiger partial charge on any atom is 0.133 e. The molecule has 5 heteroatoms. The lowest BCUT2D eigenvalue weighted by molar-refractivity contribution is 0.411. The Labute approximate surface area is 121 Å². The minimum atomic E-state index is -0.00101. The molecule has 1 atom stereocenters. The van der Waals surface area contributed by atoms with E-state index in [1.807, 2.05) is 42.2 Å². The Morgan fingerprint density at radius 1 is 1.47 bits per heavy atom. The molecule has 2 N–H and O–H groups in total. The highest BCUT2D eigenvalue weighted by Crippen LogP contribution is 2.28. The summed E-state index contributed by atoms with van der Waals surface area (Å²) >= 11 is 3.48. The second-order valence-electron chi connectivity index (χ2n) is 4.49. The van der Waals surface area contributed by atoms with Gasteiger partial charge in [0.2, 0.25) is 0 Å². The maximum absolute atomic E-state index is 6.22. The van der Waals surface area contributed by atoms with Crippen LogP contribution >= 0.6 is 15.9 Å². The molecule has 0 aliphatic heterocycles. The van der Waals surface area contributed by atoms with Gasteiger partial charge in [-0.15, -0.1) is 0 Å². The van der Waals surface area contributed by atoms with Crippen molar-refractivity contribution in [3.63, 3.8) is 0 Å². The molecule has 19 heavy (non-hydrogen) atoms. The van der Waals surface area contributed by atoms with Crippen LogP contribution in [0.1, 0.15) is 23.9 Å². The van der Waals surface area contributed by atoms with Gasteiger partial charge >= 0.3 is 0 Å². The van der Waals surface area contributed by atoms with Crippen LogP contribution in [-0.4, -0.2) is 16.7 Å². The molecule has 0 bridgehead atoms. The van der Waals surface area contributed by atoms with Gasteiger partial charge < -0.3 is 15.0 Å². The lowest BCUT2D eigenvalue weighted by Gasteiger charge is -2.13. The standard InChI is InChI=1S/C14H18BrN3O/c1-18-8-7-17-14(18)6-4-12(16)10-3-5-13(19-2)11(15)9-10/h3,5,7-9,12H,4,6,16H2,1-2H3. The summed E-state index contributed by atoms with van der Waals surface area (Å²) in [5.41, 5.74) is 7.32. The number of hydrogen-bond acceptors (Lipinski definition) is 3. The predicted octanol–water partition coefficient (Wildman–Crippen LogP) is 2.82. The third-order valence-electron chi connectivity index (χ3n) is 3.20. The molecule has 0 saturated heterocycles. The number of rotatable bonds is 5. The van der Waals surface area contributed by atoms with Gasteiger partial charge in [0.15, 0.2) is 0 Å². The molecule has 2 rings (SSSR count). The highest BCUT2D eigenvalue weighted by Gasteiger charge is 2.10. The van der Waals surface area contributed by atoms with Crippen LogP contribution in [0.4, 0.5) is 0 Å². The number of nitrogens with zero attached hydrogens (tertiary/aromatic N) is 2. The van der Waals surface area contributed by atoms with Gasteiger partial charge in [0.05, 0.1) is 11.6 Å². The van der Waals surface area contributed by atoms with Crippen LogP contribution in [0.25, 0.3) is 0 Å². The van der Waals surface area contributed by atoms with Crippen LogP contribution in [0.5, 0.6) is 5.75 Å². The SMILES string of the molecule is COc1ccc(C(N)CCc2nccn2C)cc1Br. The molecule has 2 aromatic rings. The van der Waals surface area contributed by atoms with E-state index in [4.69, 9.17) is 10.5 Å². The first-order valence-corrected chi connectivity index (χ1v) is 6.96.